The first-order valence-electron chi connectivity index (χ1n) is 8.08. The molecule has 1 aromatic carbocycles. The lowest BCUT2D eigenvalue weighted by molar-refractivity contribution is 0.0310. The van der Waals surface area contributed by atoms with E-state index in [1.54, 1.807) is 0 Å². The quantitative estimate of drug-likeness (QED) is 0.849. The van der Waals surface area contributed by atoms with Gasteiger partial charge in [0.25, 0.3) is 0 Å². The number of rotatable bonds is 3. The SMILES string of the molecule is On1c(NC2COCCC2N2CCCC2)nc2ccccc21. The van der Waals surface area contributed by atoms with Crippen molar-refractivity contribution in [3.8, 4) is 0 Å². The molecule has 1 aromatic heterocycles. The molecule has 3 heterocycles. The van der Waals surface area contributed by atoms with Gasteiger partial charge in [0.05, 0.1) is 18.2 Å². The van der Waals surface area contributed by atoms with Crippen molar-refractivity contribution < 1.29 is 9.94 Å². The van der Waals surface area contributed by atoms with E-state index in [-0.39, 0.29) is 6.04 Å². The van der Waals surface area contributed by atoms with E-state index in [2.05, 4.69) is 15.2 Å². The number of ether oxygens (including phenoxy) is 1. The number of nitrogens with zero attached hydrogens (tertiary/aromatic N) is 3. The number of fused-ring (bicyclic) bond motifs is 1. The van der Waals surface area contributed by atoms with Crippen molar-refractivity contribution in [2.45, 2.75) is 31.3 Å². The Bertz CT molecular complexity index is 651. The van der Waals surface area contributed by atoms with Crippen LogP contribution in [0.4, 0.5) is 5.95 Å². The Balaban J connectivity index is 1.58. The van der Waals surface area contributed by atoms with Gasteiger partial charge in [-0.3, -0.25) is 4.90 Å². The van der Waals surface area contributed by atoms with E-state index in [0.29, 0.717) is 18.6 Å². The summed E-state index contributed by atoms with van der Waals surface area (Å²) in [5, 5.41) is 13.7. The number of imidazole rings is 1. The van der Waals surface area contributed by atoms with Crippen molar-refractivity contribution in [1.82, 2.24) is 14.6 Å². The Labute approximate surface area is 129 Å². The van der Waals surface area contributed by atoms with Gasteiger partial charge in [0.15, 0.2) is 0 Å². The summed E-state index contributed by atoms with van der Waals surface area (Å²) in [6.45, 7) is 3.80. The molecule has 0 radical (unpaired) electrons. The molecule has 2 aliphatic heterocycles. The summed E-state index contributed by atoms with van der Waals surface area (Å²) in [5.74, 6) is 0.501. The van der Waals surface area contributed by atoms with Crippen molar-refractivity contribution in [2.75, 3.05) is 31.6 Å². The van der Waals surface area contributed by atoms with Gasteiger partial charge < -0.3 is 15.3 Å². The molecule has 6 heteroatoms. The van der Waals surface area contributed by atoms with Gasteiger partial charge in [-0.15, -0.1) is 4.73 Å². The zero-order valence-corrected chi connectivity index (χ0v) is 12.6. The third-order valence-corrected chi connectivity index (χ3v) is 4.78. The maximum absolute atomic E-state index is 10.3. The summed E-state index contributed by atoms with van der Waals surface area (Å²) in [6, 6.07) is 8.21. The zero-order chi connectivity index (χ0) is 14.9. The predicted molar refractivity (Wildman–Crippen MR) is 84.4 cm³/mol. The second-order valence-corrected chi connectivity index (χ2v) is 6.16. The molecule has 4 rings (SSSR count). The van der Waals surface area contributed by atoms with Gasteiger partial charge in [-0.1, -0.05) is 12.1 Å². The molecule has 0 bridgehead atoms. The standard InChI is InChI=1S/C16H22N4O2/c21-20-15-6-2-1-5-12(15)17-16(20)18-13-11-22-10-7-14(13)19-8-3-4-9-19/h1-2,5-6,13-14,21H,3-4,7-11H2,(H,17,18). The van der Waals surface area contributed by atoms with Gasteiger partial charge in [-0.25, -0.2) is 4.98 Å². The average molecular weight is 302 g/mol. The topological polar surface area (TPSA) is 62.6 Å². The minimum atomic E-state index is 0.162. The molecule has 2 aliphatic rings. The summed E-state index contributed by atoms with van der Waals surface area (Å²) in [5.41, 5.74) is 1.52. The van der Waals surface area contributed by atoms with Crippen LogP contribution in [0.25, 0.3) is 11.0 Å². The largest absolute Gasteiger partial charge is 0.425 e. The smallest absolute Gasteiger partial charge is 0.238 e. The van der Waals surface area contributed by atoms with Crippen molar-refractivity contribution >= 4 is 17.0 Å². The summed E-state index contributed by atoms with van der Waals surface area (Å²) in [7, 11) is 0. The summed E-state index contributed by atoms with van der Waals surface area (Å²) < 4.78 is 6.79. The highest BCUT2D eigenvalue weighted by Gasteiger charge is 2.33. The number of aromatic nitrogens is 2. The molecule has 2 aromatic rings. The second kappa shape index (κ2) is 5.78. The number of anilines is 1. The first kappa shape index (κ1) is 13.8. The van der Waals surface area contributed by atoms with E-state index < -0.39 is 0 Å². The van der Waals surface area contributed by atoms with E-state index in [4.69, 9.17) is 4.74 Å². The van der Waals surface area contributed by atoms with Crippen LogP contribution in [0.2, 0.25) is 0 Å². The first-order valence-corrected chi connectivity index (χ1v) is 8.08. The fraction of sp³-hybridized carbons (Fsp3) is 0.562. The van der Waals surface area contributed by atoms with Crippen LogP contribution in [0, 0.1) is 0 Å². The van der Waals surface area contributed by atoms with Gasteiger partial charge >= 0.3 is 0 Å². The molecule has 2 atom stereocenters. The van der Waals surface area contributed by atoms with E-state index >= 15 is 0 Å². The Kier molecular flexibility index (Phi) is 3.63. The highest BCUT2D eigenvalue weighted by atomic mass is 16.5. The average Bonchev–Trinajstić information content (AvgIpc) is 3.18. The Hall–Kier alpha value is -1.79. The van der Waals surface area contributed by atoms with E-state index in [1.165, 1.54) is 25.9 Å². The summed E-state index contributed by atoms with van der Waals surface area (Å²) in [6.07, 6.45) is 3.59. The summed E-state index contributed by atoms with van der Waals surface area (Å²) >= 11 is 0. The molecule has 2 saturated heterocycles. The zero-order valence-electron chi connectivity index (χ0n) is 12.6. The molecular weight excluding hydrogens is 280 g/mol. The van der Waals surface area contributed by atoms with Crippen LogP contribution in [0.15, 0.2) is 24.3 Å². The minimum Gasteiger partial charge on any atom is -0.425 e. The fourth-order valence-corrected chi connectivity index (χ4v) is 3.65. The monoisotopic (exact) mass is 302 g/mol. The molecular formula is C16H22N4O2. The number of nitrogens with one attached hydrogen (secondary N) is 1. The van der Waals surface area contributed by atoms with Crippen molar-refractivity contribution in [3.05, 3.63) is 24.3 Å². The van der Waals surface area contributed by atoms with Crippen LogP contribution in [-0.2, 0) is 4.74 Å². The van der Waals surface area contributed by atoms with E-state index in [1.807, 2.05) is 24.3 Å². The number of benzene rings is 1. The minimum absolute atomic E-state index is 0.162. The number of hydrogen-bond acceptors (Lipinski definition) is 5. The lowest BCUT2D eigenvalue weighted by Crippen LogP contribution is -2.51. The number of para-hydroxylation sites is 2. The van der Waals surface area contributed by atoms with Crippen molar-refractivity contribution in [3.63, 3.8) is 0 Å². The molecule has 2 fully saturated rings. The van der Waals surface area contributed by atoms with E-state index in [0.717, 1.165) is 28.8 Å². The molecule has 0 spiro atoms. The molecule has 22 heavy (non-hydrogen) atoms. The Morgan fingerprint density at radius 3 is 2.86 bits per heavy atom. The fourth-order valence-electron chi connectivity index (χ4n) is 3.65. The van der Waals surface area contributed by atoms with Crippen LogP contribution < -0.4 is 5.32 Å². The molecule has 0 saturated carbocycles. The van der Waals surface area contributed by atoms with Crippen LogP contribution in [0.3, 0.4) is 0 Å². The number of likely N-dealkylation sites (tertiary alicyclic amines) is 1. The van der Waals surface area contributed by atoms with E-state index in [9.17, 15) is 5.21 Å². The van der Waals surface area contributed by atoms with Gasteiger partial charge in [-0.2, -0.15) is 0 Å². The number of hydrogen-bond donors (Lipinski definition) is 2. The van der Waals surface area contributed by atoms with Gasteiger partial charge in [0, 0.05) is 12.6 Å². The van der Waals surface area contributed by atoms with Gasteiger partial charge in [0.1, 0.15) is 5.52 Å². The second-order valence-electron chi connectivity index (χ2n) is 6.16. The van der Waals surface area contributed by atoms with Gasteiger partial charge in [-0.05, 0) is 44.5 Å². The molecule has 2 unspecified atom stereocenters. The van der Waals surface area contributed by atoms with Crippen LogP contribution >= 0.6 is 0 Å². The van der Waals surface area contributed by atoms with Crippen LogP contribution in [0.1, 0.15) is 19.3 Å². The maximum atomic E-state index is 10.3. The Morgan fingerprint density at radius 2 is 2.05 bits per heavy atom. The lowest BCUT2D eigenvalue weighted by atomic mass is 10.0. The molecule has 0 aliphatic carbocycles. The predicted octanol–water partition coefficient (Wildman–Crippen LogP) is 1.94. The Morgan fingerprint density at radius 1 is 1.23 bits per heavy atom. The highest BCUT2D eigenvalue weighted by Crippen LogP contribution is 2.24. The first-order chi connectivity index (χ1) is 10.8. The van der Waals surface area contributed by atoms with Crippen molar-refractivity contribution in [1.29, 1.82) is 0 Å². The maximum Gasteiger partial charge on any atom is 0.238 e. The van der Waals surface area contributed by atoms with Gasteiger partial charge in [0.2, 0.25) is 5.95 Å². The molecule has 0 amide bonds. The van der Waals surface area contributed by atoms with Crippen LogP contribution in [-0.4, -0.2) is 58.2 Å². The summed E-state index contributed by atoms with van der Waals surface area (Å²) in [4.78, 5) is 7.04. The molecule has 2 N–H and O–H groups in total. The van der Waals surface area contributed by atoms with Crippen molar-refractivity contribution in [2.24, 2.45) is 0 Å². The molecule has 118 valence electrons. The third kappa shape index (κ3) is 2.42. The lowest BCUT2D eigenvalue weighted by Gasteiger charge is -2.38. The van der Waals surface area contributed by atoms with Crippen LogP contribution in [0.5, 0.6) is 0 Å². The highest BCUT2D eigenvalue weighted by molar-refractivity contribution is 5.78. The normalized spacial score (nSPS) is 26.5. The third-order valence-electron chi connectivity index (χ3n) is 4.78. The molecule has 6 nitrogen and oxygen atoms in total.